The molecule has 1 aliphatic rings. The van der Waals surface area contributed by atoms with Crippen LogP contribution < -0.4 is 0 Å². The monoisotopic (exact) mass is 208 g/mol. The Bertz CT molecular complexity index is 369. The van der Waals surface area contributed by atoms with Crippen molar-refractivity contribution in [2.75, 3.05) is 0 Å². The summed E-state index contributed by atoms with van der Waals surface area (Å²) < 4.78 is 1.90. The number of rotatable bonds is 2. The molecule has 0 unspecified atom stereocenters. The SMILES string of the molecule is Cn1nc(C(C)(C)C)cc1CC1(O)CC1. The molecule has 1 aliphatic carbocycles. The molecular weight excluding hydrogens is 188 g/mol. The smallest absolute Gasteiger partial charge is 0.0705 e. The normalized spacial score (nSPS) is 19.3. The summed E-state index contributed by atoms with van der Waals surface area (Å²) in [7, 11) is 1.95. The first-order valence-electron chi connectivity index (χ1n) is 5.56. The molecule has 3 nitrogen and oxygen atoms in total. The highest BCUT2D eigenvalue weighted by molar-refractivity contribution is 5.20. The van der Waals surface area contributed by atoms with Crippen LogP contribution in [0.1, 0.15) is 45.0 Å². The first-order valence-corrected chi connectivity index (χ1v) is 5.56. The molecule has 0 aromatic carbocycles. The van der Waals surface area contributed by atoms with Gasteiger partial charge >= 0.3 is 0 Å². The molecule has 0 saturated heterocycles. The molecule has 84 valence electrons. The third-order valence-corrected chi connectivity index (χ3v) is 3.08. The Balaban J connectivity index is 2.22. The van der Waals surface area contributed by atoms with Gasteiger partial charge in [-0.05, 0) is 18.9 Å². The molecule has 3 heteroatoms. The lowest BCUT2D eigenvalue weighted by Gasteiger charge is -2.13. The van der Waals surface area contributed by atoms with Crippen molar-refractivity contribution in [3.8, 4) is 0 Å². The molecule has 15 heavy (non-hydrogen) atoms. The van der Waals surface area contributed by atoms with Crippen LogP contribution in [0.15, 0.2) is 6.07 Å². The van der Waals surface area contributed by atoms with Crippen LogP contribution in [-0.4, -0.2) is 20.5 Å². The highest BCUT2D eigenvalue weighted by Crippen LogP contribution is 2.38. The van der Waals surface area contributed by atoms with E-state index in [2.05, 4.69) is 31.9 Å². The Kier molecular flexibility index (Phi) is 2.19. The highest BCUT2D eigenvalue weighted by atomic mass is 16.3. The minimum absolute atomic E-state index is 0.0855. The fraction of sp³-hybridized carbons (Fsp3) is 0.750. The molecule has 1 saturated carbocycles. The summed E-state index contributed by atoms with van der Waals surface area (Å²) in [5, 5.41) is 14.4. The van der Waals surface area contributed by atoms with Gasteiger partial charge < -0.3 is 5.11 Å². The van der Waals surface area contributed by atoms with Crippen LogP contribution in [0, 0.1) is 0 Å². The lowest BCUT2D eigenvalue weighted by molar-refractivity contribution is 0.148. The quantitative estimate of drug-likeness (QED) is 0.804. The number of hydrogen-bond acceptors (Lipinski definition) is 2. The second kappa shape index (κ2) is 3.08. The minimum atomic E-state index is -0.428. The van der Waals surface area contributed by atoms with Gasteiger partial charge in [0.2, 0.25) is 0 Å². The second-order valence-corrected chi connectivity index (χ2v) is 5.80. The second-order valence-electron chi connectivity index (χ2n) is 5.80. The zero-order valence-corrected chi connectivity index (χ0v) is 10.0. The summed E-state index contributed by atoms with van der Waals surface area (Å²) in [5.74, 6) is 0. The first kappa shape index (κ1) is 10.7. The number of aromatic nitrogens is 2. The van der Waals surface area contributed by atoms with Gasteiger partial charge in [0.05, 0.1) is 11.3 Å². The van der Waals surface area contributed by atoms with Gasteiger partial charge in [-0.15, -0.1) is 0 Å². The van der Waals surface area contributed by atoms with Crippen molar-refractivity contribution in [2.45, 2.75) is 51.0 Å². The Morgan fingerprint density at radius 1 is 1.47 bits per heavy atom. The van der Waals surface area contributed by atoms with Gasteiger partial charge in [0.15, 0.2) is 0 Å². The standard InChI is InChI=1S/C12H20N2O/c1-11(2,3)10-7-9(14(4)13-10)8-12(15)5-6-12/h7,15H,5-6,8H2,1-4H3. The van der Waals surface area contributed by atoms with Crippen LogP contribution in [0.5, 0.6) is 0 Å². The zero-order valence-electron chi connectivity index (χ0n) is 10.0. The molecule has 0 bridgehead atoms. The average Bonchev–Trinajstić information content (AvgIpc) is 2.67. The molecule has 0 aliphatic heterocycles. The summed E-state index contributed by atoms with van der Waals surface area (Å²) >= 11 is 0. The topological polar surface area (TPSA) is 38.0 Å². The summed E-state index contributed by atoms with van der Waals surface area (Å²) in [5.41, 5.74) is 1.90. The van der Waals surface area contributed by atoms with Gasteiger partial charge in [-0.1, -0.05) is 20.8 Å². The van der Waals surface area contributed by atoms with E-state index in [1.54, 1.807) is 0 Å². The lowest BCUT2D eigenvalue weighted by Crippen LogP contribution is -2.13. The van der Waals surface area contributed by atoms with E-state index in [1.165, 1.54) is 0 Å². The molecule has 1 aromatic heterocycles. The summed E-state index contributed by atoms with van der Waals surface area (Å²) in [6.45, 7) is 6.47. The van der Waals surface area contributed by atoms with Gasteiger partial charge in [-0.2, -0.15) is 5.10 Å². The van der Waals surface area contributed by atoms with Crippen molar-refractivity contribution >= 4 is 0 Å². The van der Waals surface area contributed by atoms with Crippen molar-refractivity contribution in [1.29, 1.82) is 0 Å². The third kappa shape index (κ3) is 2.23. The van der Waals surface area contributed by atoms with Crippen LogP contribution in [0.4, 0.5) is 0 Å². The molecule has 0 atom stereocenters. The van der Waals surface area contributed by atoms with Crippen molar-refractivity contribution in [3.05, 3.63) is 17.5 Å². The van der Waals surface area contributed by atoms with Crippen LogP contribution in [0.2, 0.25) is 0 Å². The van der Waals surface area contributed by atoms with E-state index in [0.29, 0.717) is 0 Å². The van der Waals surface area contributed by atoms with Crippen LogP contribution in [0.3, 0.4) is 0 Å². The number of aliphatic hydroxyl groups is 1. The van der Waals surface area contributed by atoms with Gasteiger partial charge in [0.25, 0.3) is 0 Å². The minimum Gasteiger partial charge on any atom is -0.389 e. The Morgan fingerprint density at radius 3 is 2.47 bits per heavy atom. The fourth-order valence-corrected chi connectivity index (χ4v) is 1.70. The molecule has 1 heterocycles. The third-order valence-electron chi connectivity index (χ3n) is 3.08. The first-order chi connectivity index (χ1) is 6.80. The van der Waals surface area contributed by atoms with Crippen LogP contribution in [-0.2, 0) is 18.9 Å². The van der Waals surface area contributed by atoms with Gasteiger partial charge in [0.1, 0.15) is 0 Å². The lowest BCUT2D eigenvalue weighted by atomic mass is 9.92. The summed E-state index contributed by atoms with van der Waals surface area (Å²) in [6, 6.07) is 2.12. The molecule has 1 fully saturated rings. The van der Waals surface area contributed by atoms with E-state index in [4.69, 9.17) is 0 Å². The molecule has 2 rings (SSSR count). The summed E-state index contributed by atoms with van der Waals surface area (Å²) in [6.07, 6.45) is 2.61. The zero-order chi connectivity index (χ0) is 11.3. The largest absolute Gasteiger partial charge is 0.389 e. The molecule has 0 amide bonds. The Labute approximate surface area is 91.1 Å². The molecule has 0 spiro atoms. The highest BCUT2D eigenvalue weighted by Gasteiger charge is 2.41. The maximum absolute atomic E-state index is 9.88. The van der Waals surface area contributed by atoms with E-state index in [1.807, 2.05) is 11.7 Å². The fourth-order valence-electron chi connectivity index (χ4n) is 1.70. The van der Waals surface area contributed by atoms with Gasteiger partial charge in [0, 0.05) is 24.6 Å². The predicted molar refractivity (Wildman–Crippen MR) is 59.8 cm³/mol. The van der Waals surface area contributed by atoms with Crippen LogP contribution >= 0.6 is 0 Å². The van der Waals surface area contributed by atoms with Crippen molar-refractivity contribution < 1.29 is 5.11 Å². The van der Waals surface area contributed by atoms with Gasteiger partial charge in [-0.3, -0.25) is 4.68 Å². The number of nitrogens with zero attached hydrogens (tertiary/aromatic N) is 2. The summed E-state index contributed by atoms with van der Waals surface area (Å²) in [4.78, 5) is 0. The maximum Gasteiger partial charge on any atom is 0.0705 e. The molecular formula is C12H20N2O. The Morgan fingerprint density at radius 2 is 2.07 bits per heavy atom. The van der Waals surface area contributed by atoms with Crippen molar-refractivity contribution in [1.82, 2.24) is 9.78 Å². The van der Waals surface area contributed by atoms with E-state index in [9.17, 15) is 5.11 Å². The average molecular weight is 208 g/mol. The number of hydrogen-bond donors (Lipinski definition) is 1. The predicted octanol–water partition coefficient (Wildman–Crippen LogP) is 1.78. The molecule has 1 aromatic rings. The van der Waals surface area contributed by atoms with Crippen molar-refractivity contribution in [2.24, 2.45) is 7.05 Å². The Hall–Kier alpha value is -0.830. The van der Waals surface area contributed by atoms with E-state index in [-0.39, 0.29) is 5.41 Å². The maximum atomic E-state index is 9.88. The van der Waals surface area contributed by atoms with E-state index >= 15 is 0 Å². The van der Waals surface area contributed by atoms with E-state index in [0.717, 1.165) is 30.7 Å². The number of aryl methyl sites for hydroxylation is 1. The van der Waals surface area contributed by atoms with Crippen molar-refractivity contribution in [3.63, 3.8) is 0 Å². The molecule has 1 N–H and O–H groups in total. The van der Waals surface area contributed by atoms with Crippen LogP contribution in [0.25, 0.3) is 0 Å². The van der Waals surface area contributed by atoms with E-state index < -0.39 is 5.60 Å². The van der Waals surface area contributed by atoms with Gasteiger partial charge in [-0.25, -0.2) is 0 Å². The molecule has 0 radical (unpaired) electrons.